The average molecular weight is 597 g/mol. The van der Waals surface area contributed by atoms with Gasteiger partial charge in [-0.2, -0.15) is 26.3 Å². The smallest absolute Gasteiger partial charge is 0.416 e. The quantitative estimate of drug-likeness (QED) is 0.175. The lowest BCUT2D eigenvalue weighted by atomic mass is 10.1. The fourth-order valence-electron chi connectivity index (χ4n) is 3.77. The van der Waals surface area contributed by atoms with Crippen molar-refractivity contribution >= 4 is 17.7 Å². The predicted molar refractivity (Wildman–Crippen MR) is 138 cm³/mol. The molecule has 0 radical (unpaired) electrons. The molecule has 0 atom stereocenters. The highest BCUT2D eigenvalue weighted by molar-refractivity contribution is 7.98. The Balaban J connectivity index is 1.64. The van der Waals surface area contributed by atoms with Crippen molar-refractivity contribution in [3.63, 3.8) is 0 Å². The number of ether oxygens (including phenoxy) is 2. The molecule has 0 bridgehead atoms. The van der Waals surface area contributed by atoms with Gasteiger partial charge >= 0.3 is 12.4 Å². The zero-order chi connectivity index (χ0) is 29.8. The summed E-state index contributed by atoms with van der Waals surface area (Å²) in [5, 5.41) is 10.9. The van der Waals surface area contributed by atoms with Crippen LogP contribution in [0.25, 0.3) is 5.69 Å². The number of hydrogen-bond acceptors (Lipinski definition) is 6. The van der Waals surface area contributed by atoms with Crippen LogP contribution in [0.15, 0.2) is 71.9 Å². The number of rotatable bonds is 9. The summed E-state index contributed by atoms with van der Waals surface area (Å²) in [5.41, 5.74) is -1.16. The van der Waals surface area contributed by atoms with Crippen LogP contribution in [0, 0.1) is 0 Å². The molecule has 14 heteroatoms. The Labute approximate surface area is 234 Å². The van der Waals surface area contributed by atoms with Crippen molar-refractivity contribution in [2.45, 2.75) is 29.8 Å². The van der Waals surface area contributed by atoms with Gasteiger partial charge in [0, 0.05) is 17.4 Å². The highest BCUT2D eigenvalue weighted by atomic mass is 32.2. The second-order valence-electron chi connectivity index (χ2n) is 8.55. The summed E-state index contributed by atoms with van der Waals surface area (Å²) in [4.78, 5) is 12.9. The number of alkyl halides is 6. The lowest BCUT2D eigenvalue weighted by molar-refractivity contribution is -0.138. The predicted octanol–water partition coefficient (Wildman–Crippen LogP) is 6.54. The first-order chi connectivity index (χ1) is 19.4. The first-order valence-corrected chi connectivity index (χ1v) is 12.8. The van der Waals surface area contributed by atoms with Gasteiger partial charge in [0.1, 0.15) is 11.5 Å². The second kappa shape index (κ2) is 12.1. The van der Waals surface area contributed by atoms with Gasteiger partial charge in [0.05, 0.1) is 37.6 Å². The van der Waals surface area contributed by atoms with E-state index in [1.165, 1.54) is 55.2 Å². The zero-order valence-corrected chi connectivity index (χ0v) is 22.3. The molecule has 0 spiro atoms. The summed E-state index contributed by atoms with van der Waals surface area (Å²) in [6.07, 6.45) is -9.16. The molecule has 0 saturated carbocycles. The molecule has 0 fully saturated rings. The molecule has 7 nitrogen and oxygen atoms in total. The number of hydrogen-bond donors (Lipinski definition) is 1. The molecule has 1 amide bonds. The Hall–Kier alpha value is -4.20. The van der Waals surface area contributed by atoms with Crippen molar-refractivity contribution in [3.8, 4) is 17.2 Å². The van der Waals surface area contributed by atoms with Gasteiger partial charge in [-0.15, -0.1) is 10.2 Å². The van der Waals surface area contributed by atoms with Crippen LogP contribution in [0.1, 0.15) is 32.9 Å². The topological polar surface area (TPSA) is 78.3 Å². The number of nitrogens with one attached hydrogen (secondary N) is 1. The minimum absolute atomic E-state index is 0.0248. The zero-order valence-electron chi connectivity index (χ0n) is 21.5. The number of carbonyl (C=O) groups is 1. The number of methoxy groups -OCH3 is 2. The Bertz CT molecular complexity index is 1520. The van der Waals surface area contributed by atoms with E-state index >= 15 is 0 Å². The van der Waals surface area contributed by atoms with E-state index in [0.717, 1.165) is 36.0 Å². The van der Waals surface area contributed by atoms with Crippen molar-refractivity contribution in [1.82, 2.24) is 20.1 Å². The van der Waals surface area contributed by atoms with E-state index in [-0.39, 0.29) is 34.5 Å². The Morgan fingerprint density at radius 2 is 1.46 bits per heavy atom. The van der Waals surface area contributed by atoms with Crippen molar-refractivity contribution in [1.29, 1.82) is 0 Å². The van der Waals surface area contributed by atoms with Gasteiger partial charge in [-0.25, -0.2) is 0 Å². The van der Waals surface area contributed by atoms with Gasteiger partial charge in [-0.05, 0) is 42.0 Å². The monoisotopic (exact) mass is 596 g/mol. The van der Waals surface area contributed by atoms with E-state index in [1.54, 1.807) is 6.07 Å². The first kappa shape index (κ1) is 29.8. The van der Waals surface area contributed by atoms with Crippen LogP contribution in [0.4, 0.5) is 26.3 Å². The summed E-state index contributed by atoms with van der Waals surface area (Å²) in [5.74, 6) is 0.319. The van der Waals surface area contributed by atoms with Gasteiger partial charge in [-0.1, -0.05) is 36.0 Å². The highest BCUT2D eigenvalue weighted by Gasteiger charge is 2.32. The summed E-state index contributed by atoms with van der Waals surface area (Å²) in [6.45, 7) is -0.230. The molecular formula is C27H22F6N4O3S. The van der Waals surface area contributed by atoms with E-state index in [1.807, 2.05) is 0 Å². The maximum atomic E-state index is 13.5. The average Bonchev–Trinajstić information content (AvgIpc) is 3.36. The summed E-state index contributed by atoms with van der Waals surface area (Å²) >= 11 is 0.984. The number of amides is 1. The van der Waals surface area contributed by atoms with Crippen molar-refractivity contribution < 1.29 is 40.6 Å². The normalized spacial score (nSPS) is 11.8. The number of aromatic nitrogens is 3. The lowest BCUT2D eigenvalue weighted by Gasteiger charge is -2.14. The lowest BCUT2D eigenvalue weighted by Crippen LogP contribution is -2.24. The number of halogens is 6. The van der Waals surface area contributed by atoms with Gasteiger partial charge in [0.25, 0.3) is 5.91 Å². The van der Waals surface area contributed by atoms with E-state index in [4.69, 9.17) is 9.47 Å². The van der Waals surface area contributed by atoms with Crippen LogP contribution in [0.2, 0.25) is 0 Å². The van der Waals surface area contributed by atoms with Gasteiger partial charge in [-0.3, -0.25) is 9.36 Å². The molecular weight excluding hydrogens is 574 g/mol. The standard InChI is InChI=1S/C27H22F6N4O3S/c1-39-21-10-17(11-22(13-21)40-2)24(38)34-14-23-35-36-25(37(23)20-8-4-7-19(12-20)27(31,32)33)41-15-16-5-3-6-18(9-16)26(28,29)30/h3-13H,14-15H2,1-2H3,(H,34,38). The van der Waals surface area contributed by atoms with Crippen LogP contribution in [-0.4, -0.2) is 34.9 Å². The molecule has 216 valence electrons. The van der Waals surface area contributed by atoms with Crippen molar-refractivity contribution in [2.75, 3.05) is 14.2 Å². The first-order valence-electron chi connectivity index (χ1n) is 11.8. The van der Waals surface area contributed by atoms with Gasteiger partial charge < -0.3 is 14.8 Å². The van der Waals surface area contributed by atoms with E-state index < -0.39 is 29.4 Å². The molecule has 0 aliphatic carbocycles. The minimum atomic E-state index is -4.63. The molecule has 0 saturated heterocycles. The molecule has 1 N–H and O–H groups in total. The summed E-state index contributed by atoms with van der Waals surface area (Å²) in [6, 6.07) is 13.7. The van der Waals surface area contributed by atoms with Crippen LogP contribution >= 0.6 is 11.8 Å². The van der Waals surface area contributed by atoms with E-state index in [2.05, 4.69) is 15.5 Å². The Morgan fingerprint density at radius 1 is 0.854 bits per heavy atom. The molecule has 3 aromatic carbocycles. The molecule has 4 aromatic rings. The Kier molecular flexibility index (Phi) is 8.80. The summed E-state index contributed by atoms with van der Waals surface area (Å²) in [7, 11) is 2.85. The molecule has 1 aromatic heterocycles. The largest absolute Gasteiger partial charge is 0.497 e. The summed E-state index contributed by atoms with van der Waals surface area (Å²) < 4.78 is 91.5. The van der Waals surface area contributed by atoms with Crippen molar-refractivity contribution in [3.05, 3.63) is 94.8 Å². The Morgan fingerprint density at radius 3 is 2.07 bits per heavy atom. The SMILES string of the molecule is COc1cc(OC)cc(C(=O)NCc2nnc(SCc3cccc(C(F)(F)F)c3)n2-c2cccc(C(F)(F)F)c2)c1. The third kappa shape index (κ3) is 7.31. The second-order valence-corrected chi connectivity index (χ2v) is 9.50. The number of nitrogens with zero attached hydrogens (tertiary/aromatic N) is 3. The number of carbonyl (C=O) groups excluding carboxylic acids is 1. The van der Waals surface area contributed by atoms with Gasteiger partial charge in [0.15, 0.2) is 11.0 Å². The maximum Gasteiger partial charge on any atom is 0.416 e. The van der Waals surface area contributed by atoms with E-state index in [9.17, 15) is 31.1 Å². The maximum absolute atomic E-state index is 13.5. The van der Waals surface area contributed by atoms with E-state index in [0.29, 0.717) is 17.1 Å². The van der Waals surface area contributed by atoms with Crippen LogP contribution in [-0.2, 0) is 24.7 Å². The molecule has 0 unspecified atom stereocenters. The molecule has 0 aliphatic heterocycles. The molecule has 4 rings (SSSR count). The fourth-order valence-corrected chi connectivity index (χ4v) is 4.69. The highest BCUT2D eigenvalue weighted by Crippen LogP contribution is 2.34. The van der Waals surface area contributed by atoms with Crippen LogP contribution < -0.4 is 14.8 Å². The van der Waals surface area contributed by atoms with Crippen molar-refractivity contribution in [2.24, 2.45) is 0 Å². The molecule has 0 aliphatic rings. The van der Waals surface area contributed by atoms with Crippen LogP contribution in [0.3, 0.4) is 0 Å². The molecule has 1 heterocycles. The number of thioether (sulfide) groups is 1. The third-order valence-corrected chi connectivity index (χ3v) is 6.78. The van der Waals surface area contributed by atoms with Crippen LogP contribution in [0.5, 0.6) is 11.5 Å². The van der Waals surface area contributed by atoms with Gasteiger partial charge in [0.2, 0.25) is 0 Å². The fraction of sp³-hybridized carbons (Fsp3) is 0.222. The minimum Gasteiger partial charge on any atom is -0.497 e. The third-order valence-electron chi connectivity index (χ3n) is 5.77. The molecule has 41 heavy (non-hydrogen) atoms. The number of benzene rings is 3.